The van der Waals surface area contributed by atoms with E-state index in [-0.39, 0.29) is 29.8 Å². The van der Waals surface area contributed by atoms with Gasteiger partial charge in [0.25, 0.3) is 8.32 Å². The number of rotatable bonds is 6. The van der Waals surface area contributed by atoms with Crippen molar-refractivity contribution in [2.75, 3.05) is 26.3 Å². The molecule has 0 aliphatic carbocycles. The van der Waals surface area contributed by atoms with Crippen LogP contribution in [0.5, 0.6) is 0 Å². The number of carbonyl (C=O) groups excluding carboxylic acids is 1. The SMILES string of the molecule is CC(C)(C)[Si](OCC1CN(C(=O)OCC(Cl)(Cl)Cl)CC2OC12)(c1ccccc1)c1ccccc1. The number of nitrogens with zero attached hydrogens (tertiary/aromatic N) is 1. The van der Waals surface area contributed by atoms with Gasteiger partial charge in [-0.15, -0.1) is 0 Å². The Labute approximate surface area is 217 Å². The lowest BCUT2D eigenvalue weighted by molar-refractivity contribution is 0.0836. The first-order valence-corrected chi connectivity index (χ1v) is 14.4. The molecule has 9 heteroatoms. The number of halogens is 3. The van der Waals surface area contributed by atoms with E-state index >= 15 is 0 Å². The number of hydrogen-bond acceptors (Lipinski definition) is 4. The Kier molecular flexibility index (Phi) is 7.58. The maximum absolute atomic E-state index is 12.6. The minimum absolute atomic E-state index is 0.0122. The van der Waals surface area contributed by atoms with Crippen LogP contribution in [0.4, 0.5) is 4.79 Å². The van der Waals surface area contributed by atoms with Gasteiger partial charge in [-0.25, -0.2) is 4.79 Å². The molecule has 0 radical (unpaired) electrons. The molecule has 0 bridgehead atoms. The zero-order chi connectivity index (χ0) is 24.6. The van der Waals surface area contributed by atoms with E-state index in [0.29, 0.717) is 19.7 Å². The van der Waals surface area contributed by atoms with Gasteiger partial charge in [0, 0.05) is 19.1 Å². The van der Waals surface area contributed by atoms with Gasteiger partial charge in [-0.1, -0.05) is 116 Å². The number of benzene rings is 2. The van der Waals surface area contributed by atoms with Crippen molar-refractivity contribution in [2.45, 2.75) is 41.8 Å². The monoisotopic (exact) mass is 541 g/mol. The van der Waals surface area contributed by atoms with Crippen molar-refractivity contribution in [3.8, 4) is 0 Å². The van der Waals surface area contributed by atoms with Crippen molar-refractivity contribution >= 4 is 59.6 Å². The first kappa shape index (κ1) is 25.8. The summed E-state index contributed by atoms with van der Waals surface area (Å²) in [5, 5.41) is 2.31. The zero-order valence-corrected chi connectivity index (χ0v) is 22.8. The molecule has 2 aliphatic heterocycles. The Morgan fingerprint density at radius 2 is 1.56 bits per heavy atom. The molecule has 2 heterocycles. The fraction of sp³-hybridized carbons (Fsp3) is 0.480. The van der Waals surface area contributed by atoms with Gasteiger partial charge in [0.15, 0.2) is 0 Å². The highest BCUT2D eigenvalue weighted by atomic mass is 35.6. The third kappa shape index (κ3) is 5.58. The molecule has 0 saturated carbocycles. The first-order valence-electron chi connectivity index (χ1n) is 11.4. The van der Waals surface area contributed by atoms with Crippen molar-refractivity contribution < 1.29 is 18.7 Å². The summed E-state index contributed by atoms with van der Waals surface area (Å²) < 4.78 is 16.5. The molecule has 2 fully saturated rings. The van der Waals surface area contributed by atoms with Crippen LogP contribution < -0.4 is 10.4 Å². The molecule has 4 rings (SSSR count). The third-order valence-electron chi connectivity index (χ3n) is 6.49. The summed E-state index contributed by atoms with van der Waals surface area (Å²) in [5.41, 5.74) is 0. The van der Waals surface area contributed by atoms with Crippen LogP contribution in [0.2, 0.25) is 5.04 Å². The number of alkyl halides is 3. The number of ether oxygens (including phenoxy) is 2. The van der Waals surface area contributed by atoms with Gasteiger partial charge >= 0.3 is 6.09 Å². The van der Waals surface area contributed by atoms with Crippen molar-refractivity contribution in [1.29, 1.82) is 0 Å². The van der Waals surface area contributed by atoms with Gasteiger partial charge in [0.05, 0.1) is 12.6 Å². The highest BCUT2D eigenvalue weighted by Crippen LogP contribution is 2.40. The molecule has 184 valence electrons. The Hall–Kier alpha value is -1.28. The van der Waals surface area contributed by atoms with Crippen LogP contribution in [0.1, 0.15) is 20.8 Å². The third-order valence-corrected chi connectivity index (χ3v) is 11.8. The summed E-state index contributed by atoms with van der Waals surface area (Å²) >= 11 is 17.2. The van der Waals surface area contributed by atoms with Gasteiger partial charge in [0.1, 0.15) is 12.7 Å². The maximum Gasteiger partial charge on any atom is 0.410 e. The van der Waals surface area contributed by atoms with E-state index in [2.05, 4.69) is 69.3 Å². The van der Waals surface area contributed by atoms with Gasteiger partial charge < -0.3 is 18.8 Å². The normalized spacial score (nSPS) is 22.8. The van der Waals surface area contributed by atoms with E-state index in [1.54, 1.807) is 4.90 Å². The second kappa shape index (κ2) is 10.00. The molecule has 34 heavy (non-hydrogen) atoms. The number of amides is 1. The van der Waals surface area contributed by atoms with Gasteiger partial charge in [-0.3, -0.25) is 0 Å². The molecule has 3 unspecified atom stereocenters. The molecule has 1 amide bonds. The van der Waals surface area contributed by atoms with Crippen LogP contribution in [0.3, 0.4) is 0 Å². The number of carbonyl (C=O) groups is 1. The standard InChI is InChI=1S/C25H30Cl3NO4Si/c1-24(2,3)34(19-10-6-4-7-11-19,20-12-8-5-9-13-20)32-16-18-14-29(15-21-22(18)33-21)23(30)31-17-25(26,27)28/h4-13,18,21-22H,14-17H2,1-3H3. The van der Waals surface area contributed by atoms with E-state index < -0.39 is 18.2 Å². The highest BCUT2D eigenvalue weighted by molar-refractivity contribution is 6.99. The van der Waals surface area contributed by atoms with E-state index in [1.807, 2.05) is 12.1 Å². The molecule has 2 aromatic rings. The summed E-state index contributed by atoms with van der Waals surface area (Å²) in [6.45, 7) is 7.86. The van der Waals surface area contributed by atoms with Crippen LogP contribution in [0.25, 0.3) is 0 Å². The van der Waals surface area contributed by atoms with Gasteiger partial charge in [0.2, 0.25) is 3.79 Å². The number of piperidine rings is 1. The molecule has 0 spiro atoms. The van der Waals surface area contributed by atoms with E-state index in [0.717, 1.165) is 0 Å². The maximum atomic E-state index is 12.6. The second-order valence-electron chi connectivity index (χ2n) is 9.95. The number of hydrogen-bond donors (Lipinski definition) is 0. The minimum Gasteiger partial charge on any atom is -0.445 e. The van der Waals surface area contributed by atoms with E-state index in [1.165, 1.54) is 10.4 Å². The Balaban J connectivity index is 1.57. The van der Waals surface area contributed by atoms with Crippen molar-refractivity contribution in [3.63, 3.8) is 0 Å². The molecular weight excluding hydrogens is 513 g/mol. The number of epoxide rings is 1. The molecule has 3 atom stereocenters. The van der Waals surface area contributed by atoms with E-state index in [9.17, 15) is 4.79 Å². The molecule has 2 aromatic carbocycles. The van der Waals surface area contributed by atoms with Crippen molar-refractivity contribution in [2.24, 2.45) is 5.92 Å². The predicted octanol–water partition coefficient (Wildman–Crippen LogP) is 4.77. The lowest BCUT2D eigenvalue weighted by Gasteiger charge is -2.44. The quantitative estimate of drug-likeness (QED) is 0.300. The lowest BCUT2D eigenvalue weighted by Crippen LogP contribution is -2.67. The summed E-state index contributed by atoms with van der Waals surface area (Å²) in [4.78, 5) is 14.2. The van der Waals surface area contributed by atoms with Gasteiger partial charge in [-0.2, -0.15) is 0 Å². The smallest absolute Gasteiger partial charge is 0.410 e. The van der Waals surface area contributed by atoms with Crippen LogP contribution in [0.15, 0.2) is 60.7 Å². The highest BCUT2D eigenvalue weighted by Gasteiger charge is 2.54. The Morgan fingerprint density at radius 3 is 2.06 bits per heavy atom. The van der Waals surface area contributed by atoms with Crippen molar-refractivity contribution in [3.05, 3.63) is 60.7 Å². The first-order chi connectivity index (χ1) is 16.0. The topological polar surface area (TPSA) is 51.3 Å². The summed E-state index contributed by atoms with van der Waals surface area (Å²) in [5.74, 6) is 0.0284. The Bertz CT molecular complexity index is 942. The number of fused-ring (bicyclic) bond motifs is 1. The molecule has 0 N–H and O–H groups in total. The lowest BCUT2D eigenvalue weighted by atomic mass is 9.99. The summed E-state index contributed by atoms with van der Waals surface area (Å²) in [6.07, 6.45) is -0.437. The fourth-order valence-corrected chi connectivity index (χ4v) is 9.71. The minimum atomic E-state index is -2.68. The van der Waals surface area contributed by atoms with Crippen LogP contribution in [0, 0.1) is 5.92 Å². The second-order valence-corrected chi connectivity index (χ2v) is 16.8. The zero-order valence-electron chi connectivity index (χ0n) is 19.5. The summed E-state index contributed by atoms with van der Waals surface area (Å²) in [6, 6.07) is 21.0. The van der Waals surface area contributed by atoms with E-state index in [4.69, 9.17) is 48.7 Å². The molecular formula is C25H30Cl3NO4Si. The number of likely N-dealkylation sites (tertiary alicyclic amines) is 1. The molecule has 0 aromatic heterocycles. The molecule has 2 saturated heterocycles. The molecule has 2 aliphatic rings. The fourth-order valence-electron chi connectivity index (χ4n) is 4.92. The largest absolute Gasteiger partial charge is 0.445 e. The Morgan fingerprint density at radius 1 is 1.00 bits per heavy atom. The average Bonchev–Trinajstić information content (AvgIpc) is 3.58. The van der Waals surface area contributed by atoms with Crippen LogP contribution in [-0.4, -0.2) is 61.6 Å². The van der Waals surface area contributed by atoms with Gasteiger partial charge in [-0.05, 0) is 15.4 Å². The average molecular weight is 543 g/mol. The predicted molar refractivity (Wildman–Crippen MR) is 139 cm³/mol. The van der Waals surface area contributed by atoms with Crippen molar-refractivity contribution in [1.82, 2.24) is 4.90 Å². The van der Waals surface area contributed by atoms with Crippen LogP contribution in [-0.2, 0) is 13.9 Å². The summed E-state index contributed by atoms with van der Waals surface area (Å²) in [7, 11) is -2.68. The van der Waals surface area contributed by atoms with Crippen LogP contribution >= 0.6 is 34.8 Å². The molecule has 5 nitrogen and oxygen atoms in total.